The molecule has 0 amide bonds. The van der Waals surface area contributed by atoms with Crippen molar-refractivity contribution in [3.05, 3.63) is 133 Å². The van der Waals surface area contributed by atoms with Crippen molar-refractivity contribution in [1.29, 1.82) is 0 Å². The standard InChI is InChI=1S/C50H30O9/c51-43-39-36(27-16-19-34-33(22-27)37-29-10-4-3-8-24(29)15-20-35(37)59-34)40-42(46(54)50(58)48(56)44(40)52)38(41(39)45(53)49(57)47(43)55)32-18-17-28(30-11-5-6-12-31(30)32)26-14-13-23-7-1-2-9-25(23)21-26/h1-22,51-58H. The largest absolute Gasteiger partial charge is 0.504 e. The van der Waals surface area contributed by atoms with Crippen LogP contribution in [0.2, 0.25) is 0 Å². The summed E-state index contributed by atoms with van der Waals surface area (Å²) in [4.78, 5) is 0. The Bertz CT molecular complexity index is 3580. The fourth-order valence-electron chi connectivity index (χ4n) is 9.01. The lowest BCUT2D eigenvalue weighted by Crippen LogP contribution is -1.95. The molecule has 0 spiro atoms. The molecule has 0 radical (unpaired) electrons. The van der Waals surface area contributed by atoms with Crippen LogP contribution in [0.3, 0.4) is 0 Å². The molecule has 9 heteroatoms. The summed E-state index contributed by atoms with van der Waals surface area (Å²) in [5.74, 6) is -7.52. The van der Waals surface area contributed by atoms with Crippen LogP contribution < -0.4 is 0 Å². The molecule has 8 N–H and O–H groups in total. The summed E-state index contributed by atoms with van der Waals surface area (Å²) in [6, 6.07) is 41.8. The maximum absolute atomic E-state index is 11.9. The van der Waals surface area contributed by atoms with Gasteiger partial charge in [0.2, 0.25) is 23.0 Å². The van der Waals surface area contributed by atoms with Crippen LogP contribution in [0.15, 0.2) is 138 Å². The van der Waals surface area contributed by atoms with Gasteiger partial charge in [-0.05, 0) is 78.8 Å². The van der Waals surface area contributed by atoms with Crippen LogP contribution in [0.25, 0.3) is 109 Å². The number of rotatable bonds is 3. The molecule has 1 heterocycles. The van der Waals surface area contributed by atoms with E-state index in [1.165, 1.54) is 0 Å². The molecule has 11 rings (SSSR count). The lowest BCUT2D eigenvalue weighted by atomic mass is 9.81. The minimum Gasteiger partial charge on any atom is -0.504 e. The van der Waals surface area contributed by atoms with Crippen molar-refractivity contribution in [2.75, 3.05) is 0 Å². The number of benzene rings is 10. The van der Waals surface area contributed by atoms with E-state index < -0.39 is 46.0 Å². The number of hydrogen-bond acceptors (Lipinski definition) is 9. The molecule has 0 aliphatic rings. The highest BCUT2D eigenvalue weighted by atomic mass is 16.4. The predicted octanol–water partition coefficient (Wildman–Crippen LogP) is 12.0. The molecule has 1 aromatic heterocycles. The van der Waals surface area contributed by atoms with E-state index in [4.69, 9.17) is 4.42 Å². The van der Waals surface area contributed by atoms with E-state index in [0.29, 0.717) is 33.1 Å². The van der Waals surface area contributed by atoms with E-state index in [2.05, 4.69) is 6.07 Å². The fraction of sp³-hybridized carbons (Fsp3) is 0. The summed E-state index contributed by atoms with van der Waals surface area (Å²) >= 11 is 0. The Morgan fingerprint density at radius 3 is 1.41 bits per heavy atom. The molecule has 11 aromatic rings. The third kappa shape index (κ3) is 4.61. The normalized spacial score (nSPS) is 11.9. The molecule has 0 saturated carbocycles. The molecule has 0 bridgehead atoms. The zero-order valence-electron chi connectivity index (χ0n) is 30.7. The van der Waals surface area contributed by atoms with E-state index >= 15 is 0 Å². The van der Waals surface area contributed by atoms with Crippen molar-refractivity contribution in [2.24, 2.45) is 0 Å². The smallest absolute Gasteiger partial charge is 0.204 e. The van der Waals surface area contributed by atoms with Crippen molar-refractivity contribution in [3.63, 3.8) is 0 Å². The van der Waals surface area contributed by atoms with Gasteiger partial charge < -0.3 is 45.3 Å². The lowest BCUT2D eigenvalue weighted by Gasteiger charge is -2.23. The molecule has 0 atom stereocenters. The van der Waals surface area contributed by atoms with Crippen LogP contribution in [-0.4, -0.2) is 40.9 Å². The first kappa shape index (κ1) is 34.0. The highest BCUT2D eigenvalue weighted by molar-refractivity contribution is 6.31. The van der Waals surface area contributed by atoms with Crippen LogP contribution in [0, 0.1) is 0 Å². The van der Waals surface area contributed by atoms with Crippen molar-refractivity contribution in [2.45, 2.75) is 0 Å². The number of fused-ring (bicyclic) bond motifs is 9. The Morgan fingerprint density at radius 1 is 0.288 bits per heavy atom. The summed E-state index contributed by atoms with van der Waals surface area (Å²) < 4.78 is 6.24. The molecule has 0 unspecified atom stereocenters. The summed E-state index contributed by atoms with van der Waals surface area (Å²) in [5, 5.41) is 98.2. The van der Waals surface area contributed by atoms with Gasteiger partial charge >= 0.3 is 0 Å². The van der Waals surface area contributed by atoms with E-state index in [-0.39, 0.29) is 32.7 Å². The highest BCUT2D eigenvalue weighted by Gasteiger charge is 2.33. The van der Waals surface area contributed by atoms with Gasteiger partial charge in [-0.25, -0.2) is 0 Å². The maximum Gasteiger partial charge on any atom is 0.204 e. The van der Waals surface area contributed by atoms with Crippen molar-refractivity contribution in [1.82, 2.24) is 0 Å². The number of phenols is 8. The Balaban J connectivity index is 1.31. The topological polar surface area (TPSA) is 175 Å². The van der Waals surface area contributed by atoms with Crippen molar-refractivity contribution in [3.8, 4) is 79.4 Å². The first-order valence-corrected chi connectivity index (χ1v) is 18.7. The molecule has 10 aromatic carbocycles. The summed E-state index contributed by atoms with van der Waals surface area (Å²) in [5.41, 5.74) is 3.48. The van der Waals surface area contributed by atoms with E-state index in [9.17, 15) is 40.9 Å². The average Bonchev–Trinajstić information content (AvgIpc) is 3.66. The Morgan fingerprint density at radius 2 is 0.763 bits per heavy atom. The Kier molecular flexibility index (Phi) is 6.97. The van der Waals surface area contributed by atoms with Crippen LogP contribution >= 0.6 is 0 Å². The Hall–Kier alpha value is -8.30. The number of phenolic OH excluding ortho intramolecular Hbond substituents is 8. The quantitative estimate of drug-likeness (QED) is 0.0493. The molecule has 9 nitrogen and oxygen atoms in total. The highest BCUT2D eigenvalue weighted by Crippen LogP contribution is 2.62. The predicted molar refractivity (Wildman–Crippen MR) is 231 cm³/mol. The van der Waals surface area contributed by atoms with Gasteiger partial charge in [0.15, 0.2) is 23.0 Å². The molecule has 0 saturated heterocycles. The number of furan rings is 1. The number of aromatic hydroxyl groups is 8. The third-order valence-electron chi connectivity index (χ3n) is 11.7. The van der Waals surface area contributed by atoms with Crippen molar-refractivity contribution < 1.29 is 45.3 Å². The minimum absolute atomic E-state index is 0.0213. The van der Waals surface area contributed by atoms with Crippen LogP contribution in [-0.2, 0) is 0 Å². The van der Waals surface area contributed by atoms with Gasteiger partial charge in [0.05, 0.1) is 0 Å². The van der Waals surface area contributed by atoms with Gasteiger partial charge in [0.25, 0.3) is 0 Å². The van der Waals surface area contributed by atoms with Crippen LogP contribution in [0.4, 0.5) is 0 Å². The monoisotopic (exact) mass is 774 g/mol. The SMILES string of the molecule is Oc1c(O)c(O)c2c(-c3ccc(-c4ccc5ccccc5c4)c4ccccc34)c3c(O)c(O)c(O)c(O)c3c(-c3ccc4oc5ccc6ccccc6c5c4c3)c2c1O. The molecule has 0 fully saturated rings. The summed E-state index contributed by atoms with van der Waals surface area (Å²) in [6.45, 7) is 0. The van der Waals surface area contributed by atoms with Gasteiger partial charge in [0.1, 0.15) is 11.2 Å². The van der Waals surface area contributed by atoms with E-state index in [1.807, 2.05) is 103 Å². The molecule has 59 heavy (non-hydrogen) atoms. The summed E-state index contributed by atoms with van der Waals surface area (Å²) in [6.07, 6.45) is 0. The zero-order chi connectivity index (χ0) is 40.4. The van der Waals surface area contributed by atoms with Gasteiger partial charge in [-0.15, -0.1) is 0 Å². The van der Waals surface area contributed by atoms with Gasteiger partial charge in [-0.3, -0.25) is 0 Å². The van der Waals surface area contributed by atoms with Crippen LogP contribution in [0.5, 0.6) is 46.0 Å². The van der Waals surface area contributed by atoms with Gasteiger partial charge in [-0.1, -0.05) is 109 Å². The van der Waals surface area contributed by atoms with E-state index in [1.54, 1.807) is 24.3 Å². The first-order chi connectivity index (χ1) is 28.6. The molecule has 0 aliphatic carbocycles. The fourth-order valence-corrected chi connectivity index (χ4v) is 9.01. The average molecular weight is 775 g/mol. The van der Waals surface area contributed by atoms with E-state index in [0.717, 1.165) is 43.4 Å². The first-order valence-electron chi connectivity index (χ1n) is 18.7. The second kappa shape index (κ2) is 12.1. The number of hydrogen-bond donors (Lipinski definition) is 8. The van der Waals surface area contributed by atoms with Gasteiger partial charge in [-0.2, -0.15) is 0 Å². The molecular formula is C50H30O9. The second-order valence-electron chi connectivity index (χ2n) is 14.8. The zero-order valence-corrected chi connectivity index (χ0v) is 30.7. The second-order valence-corrected chi connectivity index (χ2v) is 14.8. The lowest BCUT2D eigenvalue weighted by molar-refractivity contribution is 0.350. The molecule has 0 aliphatic heterocycles. The molecule has 284 valence electrons. The molecular weight excluding hydrogens is 745 g/mol. The Labute approximate surface area is 333 Å². The van der Waals surface area contributed by atoms with Gasteiger partial charge in [0, 0.05) is 43.4 Å². The maximum atomic E-state index is 11.9. The third-order valence-corrected chi connectivity index (χ3v) is 11.7. The van der Waals surface area contributed by atoms with Crippen molar-refractivity contribution >= 4 is 75.8 Å². The minimum atomic E-state index is -1.04. The summed E-state index contributed by atoms with van der Waals surface area (Å²) in [7, 11) is 0. The van der Waals surface area contributed by atoms with Crippen LogP contribution in [0.1, 0.15) is 0 Å².